The van der Waals surface area contributed by atoms with Gasteiger partial charge in [0.15, 0.2) is 9.84 Å². The maximum absolute atomic E-state index is 10.6. The third-order valence-electron chi connectivity index (χ3n) is 1.42. The van der Waals surface area contributed by atoms with Crippen molar-refractivity contribution in [1.82, 2.24) is 5.32 Å². The van der Waals surface area contributed by atoms with Gasteiger partial charge in [-0.2, -0.15) is 13.2 Å². The Morgan fingerprint density at radius 2 is 1.53 bits per heavy atom. The van der Waals surface area contributed by atoms with Crippen molar-refractivity contribution in [1.29, 1.82) is 0 Å². The minimum Gasteiger partial charge on any atom is -0.475 e. The van der Waals surface area contributed by atoms with Crippen molar-refractivity contribution in [2.24, 2.45) is 0 Å². The number of hydrogen-bond donors (Lipinski definition) is 2. The molecule has 9 heteroatoms. The summed E-state index contributed by atoms with van der Waals surface area (Å²) < 4.78 is 53.0. The lowest BCUT2D eigenvalue weighted by Crippen LogP contribution is -2.35. The number of sulfone groups is 1. The highest BCUT2D eigenvalue weighted by Crippen LogP contribution is 2.13. The molecular weight excluding hydrogens is 239 g/mol. The first-order valence-corrected chi connectivity index (χ1v) is 5.68. The van der Waals surface area contributed by atoms with Crippen LogP contribution in [0.15, 0.2) is 0 Å². The van der Waals surface area contributed by atoms with Gasteiger partial charge in [0.1, 0.15) is 0 Å². The average Bonchev–Trinajstić information content (AvgIpc) is 2.02. The zero-order valence-corrected chi connectivity index (χ0v) is 8.36. The molecule has 0 bridgehead atoms. The maximum atomic E-state index is 10.6. The van der Waals surface area contributed by atoms with Crippen LogP contribution in [-0.2, 0) is 14.6 Å². The molecule has 2 N–H and O–H groups in total. The normalized spacial score (nSPS) is 19.9. The van der Waals surface area contributed by atoms with Crippen LogP contribution in [0.3, 0.4) is 0 Å². The lowest BCUT2D eigenvalue weighted by atomic mass is 10.6. The van der Waals surface area contributed by atoms with E-state index < -0.39 is 22.0 Å². The lowest BCUT2D eigenvalue weighted by molar-refractivity contribution is -0.192. The number of alkyl halides is 3. The Balaban J connectivity index is 0.000000265. The molecule has 1 aliphatic rings. The van der Waals surface area contributed by atoms with Gasteiger partial charge in [-0.05, 0) is 0 Å². The van der Waals surface area contributed by atoms with E-state index in [1.54, 1.807) is 0 Å². The summed E-state index contributed by atoms with van der Waals surface area (Å²) in [6.45, 7) is 1.25. The summed E-state index contributed by atoms with van der Waals surface area (Å²) in [5.41, 5.74) is 0. The number of carboxylic acids is 1. The monoisotopic (exact) mass is 249 g/mol. The van der Waals surface area contributed by atoms with Crippen LogP contribution in [0, 0.1) is 0 Å². The number of rotatable bonds is 0. The number of carbonyl (C=O) groups is 1. The predicted molar refractivity (Wildman–Crippen MR) is 45.2 cm³/mol. The molecule has 1 rings (SSSR count). The highest BCUT2D eigenvalue weighted by molar-refractivity contribution is 7.91. The molecule has 0 amide bonds. The molecule has 0 atom stereocenters. The van der Waals surface area contributed by atoms with E-state index in [1.165, 1.54) is 0 Å². The first-order chi connectivity index (χ1) is 6.65. The first kappa shape index (κ1) is 14.2. The third-order valence-corrected chi connectivity index (χ3v) is 3.07. The van der Waals surface area contributed by atoms with Gasteiger partial charge in [0.25, 0.3) is 0 Å². The Bertz CT molecular complexity index is 299. The summed E-state index contributed by atoms with van der Waals surface area (Å²) in [5.74, 6) is -2.13. The van der Waals surface area contributed by atoms with E-state index in [9.17, 15) is 21.6 Å². The number of nitrogens with one attached hydrogen (secondary N) is 1. The summed E-state index contributed by atoms with van der Waals surface area (Å²) in [7, 11) is -2.65. The number of halogens is 3. The van der Waals surface area contributed by atoms with Crippen LogP contribution in [0.5, 0.6) is 0 Å². The van der Waals surface area contributed by atoms with Crippen LogP contribution in [0.1, 0.15) is 0 Å². The molecule has 0 saturated carbocycles. The summed E-state index contributed by atoms with van der Waals surface area (Å²) >= 11 is 0. The molecule has 1 aliphatic heterocycles. The molecule has 0 aromatic rings. The van der Waals surface area contributed by atoms with Gasteiger partial charge in [-0.25, -0.2) is 13.2 Å². The Morgan fingerprint density at radius 1 is 1.20 bits per heavy atom. The highest BCUT2D eigenvalue weighted by Gasteiger charge is 2.38. The van der Waals surface area contributed by atoms with Gasteiger partial charge < -0.3 is 10.4 Å². The van der Waals surface area contributed by atoms with Gasteiger partial charge in [0.2, 0.25) is 0 Å². The SMILES string of the molecule is O=C(O)C(F)(F)F.O=S1(=O)CCNCC1. The number of carboxylic acid groups (broad SMARTS) is 1. The minimum absolute atomic E-state index is 0.312. The highest BCUT2D eigenvalue weighted by atomic mass is 32.2. The van der Waals surface area contributed by atoms with E-state index in [0.717, 1.165) is 0 Å². The summed E-state index contributed by atoms with van der Waals surface area (Å²) in [6, 6.07) is 0. The van der Waals surface area contributed by atoms with Crippen molar-refractivity contribution < 1.29 is 31.5 Å². The van der Waals surface area contributed by atoms with E-state index >= 15 is 0 Å². The average molecular weight is 249 g/mol. The Kier molecular flexibility index (Phi) is 5.01. The molecular formula is C6H10F3NO4S. The second-order valence-corrected chi connectivity index (χ2v) is 5.01. The fourth-order valence-corrected chi connectivity index (χ4v) is 1.80. The van der Waals surface area contributed by atoms with Gasteiger partial charge in [-0.15, -0.1) is 0 Å². The van der Waals surface area contributed by atoms with Crippen LogP contribution in [0.4, 0.5) is 13.2 Å². The summed E-state index contributed by atoms with van der Waals surface area (Å²) in [6.07, 6.45) is -5.08. The Morgan fingerprint density at radius 3 is 1.67 bits per heavy atom. The maximum Gasteiger partial charge on any atom is 0.490 e. The summed E-state index contributed by atoms with van der Waals surface area (Å²) in [4.78, 5) is 8.90. The molecule has 0 aromatic heterocycles. The fourth-order valence-electron chi connectivity index (χ4n) is 0.682. The van der Waals surface area contributed by atoms with Crippen LogP contribution in [-0.4, -0.2) is 50.3 Å². The topological polar surface area (TPSA) is 83.5 Å². The van der Waals surface area contributed by atoms with Crippen molar-refractivity contribution >= 4 is 15.8 Å². The fraction of sp³-hybridized carbons (Fsp3) is 0.833. The molecule has 5 nitrogen and oxygen atoms in total. The Hall–Kier alpha value is -0.830. The third kappa shape index (κ3) is 7.14. The predicted octanol–water partition coefficient (Wildman–Crippen LogP) is -0.362. The van der Waals surface area contributed by atoms with Crippen molar-refractivity contribution in [3.8, 4) is 0 Å². The van der Waals surface area contributed by atoms with Gasteiger partial charge in [0, 0.05) is 13.1 Å². The number of hydrogen-bond acceptors (Lipinski definition) is 4. The van der Waals surface area contributed by atoms with Gasteiger partial charge in [-0.1, -0.05) is 0 Å². The smallest absolute Gasteiger partial charge is 0.475 e. The van der Waals surface area contributed by atoms with Crippen molar-refractivity contribution in [3.05, 3.63) is 0 Å². The zero-order chi connectivity index (χ0) is 12.1. The van der Waals surface area contributed by atoms with Crippen molar-refractivity contribution in [3.63, 3.8) is 0 Å². The van der Waals surface area contributed by atoms with Gasteiger partial charge in [-0.3, -0.25) is 0 Å². The quantitative estimate of drug-likeness (QED) is 0.612. The molecule has 0 spiro atoms. The second kappa shape index (κ2) is 5.31. The molecule has 1 fully saturated rings. The largest absolute Gasteiger partial charge is 0.490 e. The molecule has 1 heterocycles. The Labute approximate surface area is 84.2 Å². The second-order valence-electron chi connectivity index (χ2n) is 2.70. The van der Waals surface area contributed by atoms with Gasteiger partial charge >= 0.3 is 12.1 Å². The standard InChI is InChI=1S/C4H9NO2S.C2HF3O2/c6-8(7)3-1-5-2-4-8;3-2(4,5)1(6)7/h5H,1-4H2;(H,6,7). The van der Waals surface area contributed by atoms with Crippen molar-refractivity contribution in [2.45, 2.75) is 6.18 Å². The lowest BCUT2D eigenvalue weighted by Gasteiger charge is -2.10. The summed E-state index contributed by atoms with van der Waals surface area (Å²) in [5, 5.41) is 10.1. The van der Waals surface area contributed by atoms with E-state index in [4.69, 9.17) is 9.90 Å². The van der Waals surface area contributed by atoms with E-state index in [0.29, 0.717) is 24.6 Å². The van der Waals surface area contributed by atoms with Crippen LogP contribution < -0.4 is 5.32 Å². The molecule has 0 unspecified atom stereocenters. The van der Waals surface area contributed by atoms with Crippen LogP contribution in [0.25, 0.3) is 0 Å². The molecule has 15 heavy (non-hydrogen) atoms. The van der Waals surface area contributed by atoms with Gasteiger partial charge in [0.05, 0.1) is 11.5 Å². The van der Waals surface area contributed by atoms with E-state index in [2.05, 4.69) is 5.32 Å². The van der Waals surface area contributed by atoms with E-state index in [1.807, 2.05) is 0 Å². The van der Waals surface area contributed by atoms with Crippen LogP contribution in [0.2, 0.25) is 0 Å². The molecule has 90 valence electrons. The number of aliphatic carboxylic acids is 1. The molecule has 0 radical (unpaired) electrons. The molecule has 0 aliphatic carbocycles. The van der Waals surface area contributed by atoms with Crippen molar-refractivity contribution in [2.75, 3.05) is 24.6 Å². The minimum atomic E-state index is -5.08. The zero-order valence-electron chi connectivity index (χ0n) is 7.54. The first-order valence-electron chi connectivity index (χ1n) is 3.86. The van der Waals surface area contributed by atoms with Crippen LogP contribution >= 0.6 is 0 Å². The molecule has 1 saturated heterocycles. The van der Waals surface area contributed by atoms with E-state index in [-0.39, 0.29) is 0 Å². The molecule has 0 aromatic carbocycles.